The Hall–Kier alpha value is -0.0800. The topological polar surface area (TPSA) is 29.5 Å². The van der Waals surface area contributed by atoms with Crippen LogP contribution < -0.4 is 0 Å². The van der Waals surface area contributed by atoms with Crippen molar-refractivity contribution in [3.05, 3.63) is 0 Å². The van der Waals surface area contributed by atoms with Crippen molar-refractivity contribution in [2.75, 3.05) is 6.61 Å². The molecule has 1 saturated carbocycles. The largest absolute Gasteiger partial charge is 0.396 e. The summed E-state index contributed by atoms with van der Waals surface area (Å²) >= 11 is 0. The molecule has 2 heteroatoms. The van der Waals surface area contributed by atoms with Crippen molar-refractivity contribution >= 4 is 0 Å². The van der Waals surface area contributed by atoms with Gasteiger partial charge in [-0.25, -0.2) is 0 Å². The average Bonchev–Trinajstić information content (AvgIpc) is 2.44. The van der Waals surface area contributed by atoms with E-state index in [0.717, 1.165) is 6.42 Å². The van der Waals surface area contributed by atoms with E-state index in [0.29, 0.717) is 30.7 Å². The summed E-state index contributed by atoms with van der Waals surface area (Å²) in [4.78, 5) is 0. The second kappa shape index (κ2) is 3.35. The summed E-state index contributed by atoms with van der Waals surface area (Å²) in [5.74, 6) is 1.17. The van der Waals surface area contributed by atoms with Gasteiger partial charge in [0, 0.05) is 6.61 Å². The molecule has 4 atom stereocenters. The Morgan fingerprint density at radius 3 is 3.00 bits per heavy atom. The molecule has 1 aliphatic carbocycles. The van der Waals surface area contributed by atoms with E-state index in [1.54, 1.807) is 0 Å². The third kappa shape index (κ3) is 1.38. The lowest BCUT2D eigenvalue weighted by atomic mass is 9.77. The van der Waals surface area contributed by atoms with Crippen molar-refractivity contribution in [1.82, 2.24) is 0 Å². The van der Waals surface area contributed by atoms with Crippen LogP contribution in [0.1, 0.15) is 32.6 Å². The van der Waals surface area contributed by atoms with Crippen LogP contribution in [0.15, 0.2) is 0 Å². The van der Waals surface area contributed by atoms with E-state index in [1.807, 2.05) is 0 Å². The molecule has 0 bridgehead atoms. The molecule has 0 unspecified atom stereocenters. The maximum Gasteiger partial charge on any atom is 0.0611 e. The highest BCUT2D eigenvalue weighted by molar-refractivity contribution is 4.88. The number of aliphatic hydroxyl groups is 1. The van der Waals surface area contributed by atoms with Crippen LogP contribution in [0.5, 0.6) is 0 Å². The first-order chi connectivity index (χ1) is 5.81. The fourth-order valence-electron chi connectivity index (χ4n) is 2.79. The van der Waals surface area contributed by atoms with E-state index in [4.69, 9.17) is 9.84 Å². The Morgan fingerprint density at radius 1 is 1.42 bits per heavy atom. The van der Waals surface area contributed by atoms with E-state index in [9.17, 15) is 0 Å². The molecule has 12 heavy (non-hydrogen) atoms. The number of aliphatic hydroxyl groups excluding tert-OH is 1. The number of hydrogen-bond donors (Lipinski definition) is 1. The lowest BCUT2D eigenvalue weighted by Gasteiger charge is -2.31. The third-order valence-corrected chi connectivity index (χ3v) is 3.39. The molecule has 0 aromatic rings. The van der Waals surface area contributed by atoms with E-state index >= 15 is 0 Å². The minimum Gasteiger partial charge on any atom is -0.396 e. The maximum absolute atomic E-state index is 9.17. The van der Waals surface area contributed by atoms with Gasteiger partial charge in [-0.2, -0.15) is 0 Å². The van der Waals surface area contributed by atoms with E-state index in [-0.39, 0.29) is 0 Å². The predicted molar refractivity (Wildman–Crippen MR) is 46.9 cm³/mol. The first kappa shape index (κ1) is 8.52. The zero-order valence-corrected chi connectivity index (χ0v) is 7.70. The first-order valence-corrected chi connectivity index (χ1v) is 5.07. The number of hydrogen-bond acceptors (Lipinski definition) is 2. The van der Waals surface area contributed by atoms with E-state index in [2.05, 4.69) is 6.92 Å². The van der Waals surface area contributed by atoms with Gasteiger partial charge in [-0.1, -0.05) is 6.42 Å². The van der Waals surface area contributed by atoms with Gasteiger partial charge in [0.25, 0.3) is 0 Å². The molecule has 1 N–H and O–H groups in total. The van der Waals surface area contributed by atoms with Crippen LogP contribution in [-0.2, 0) is 4.74 Å². The number of fused-ring (bicyclic) bond motifs is 1. The predicted octanol–water partition coefficient (Wildman–Crippen LogP) is 1.57. The molecule has 0 aromatic carbocycles. The van der Waals surface area contributed by atoms with E-state index in [1.165, 1.54) is 19.3 Å². The molecule has 0 aromatic heterocycles. The monoisotopic (exact) mass is 170 g/mol. The molecule has 0 radical (unpaired) electrons. The number of ether oxygens (including phenoxy) is 1. The van der Waals surface area contributed by atoms with Gasteiger partial charge in [-0.3, -0.25) is 0 Å². The summed E-state index contributed by atoms with van der Waals surface area (Å²) in [6, 6.07) is 0. The van der Waals surface area contributed by atoms with Gasteiger partial charge < -0.3 is 9.84 Å². The molecule has 1 saturated heterocycles. The number of rotatable bonds is 1. The minimum absolute atomic E-state index is 0.358. The third-order valence-electron chi connectivity index (χ3n) is 3.39. The van der Waals surface area contributed by atoms with E-state index < -0.39 is 0 Å². The lowest BCUT2D eigenvalue weighted by molar-refractivity contribution is 0.00330. The Morgan fingerprint density at radius 2 is 2.25 bits per heavy atom. The van der Waals surface area contributed by atoms with Gasteiger partial charge >= 0.3 is 0 Å². The summed E-state index contributed by atoms with van der Waals surface area (Å²) in [7, 11) is 0. The SMILES string of the molecule is C[C@@H]1C[C@@H]2[C@H](CO)CCC[C@@H]2O1. The molecule has 2 aliphatic rings. The molecular formula is C10H18O2. The molecule has 2 nitrogen and oxygen atoms in total. The Bertz CT molecular complexity index is 152. The maximum atomic E-state index is 9.17. The fourth-order valence-corrected chi connectivity index (χ4v) is 2.79. The molecule has 0 amide bonds. The van der Waals surface area contributed by atoms with Crippen molar-refractivity contribution in [3.63, 3.8) is 0 Å². The first-order valence-electron chi connectivity index (χ1n) is 5.07. The van der Waals surface area contributed by atoms with Crippen LogP contribution in [0.25, 0.3) is 0 Å². The zero-order valence-electron chi connectivity index (χ0n) is 7.70. The molecule has 70 valence electrons. The van der Waals surface area contributed by atoms with Crippen molar-refractivity contribution in [2.24, 2.45) is 11.8 Å². The highest BCUT2D eigenvalue weighted by atomic mass is 16.5. The average molecular weight is 170 g/mol. The van der Waals surface area contributed by atoms with Crippen LogP contribution >= 0.6 is 0 Å². The van der Waals surface area contributed by atoms with Gasteiger partial charge in [0.15, 0.2) is 0 Å². The fraction of sp³-hybridized carbons (Fsp3) is 1.00. The highest BCUT2D eigenvalue weighted by Crippen LogP contribution is 2.40. The molecule has 2 fully saturated rings. The van der Waals surface area contributed by atoms with Crippen LogP contribution in [0.3, 0.4) is 0 Å². The summed E-state index contributed by atoms with van der Waals surface area (Å²) in [5, 5.41) is 9.17. The highest BCUT2D eigenvalue weighted by Gasteiger charge is 2.39. The smallest absolute Gasteiger partial charge is 0.0611 e. The summed E-state index contributed by atoms with van der Waals surface area (Å²) in [6.07, 6.45) is 5.70. The normalized spacial score (nSPS) is 47.5. The summed E-state index contributed by atoms with van der Waals surface area (Å²) < 4.78 is 5.79. The lowest BCUT2D eigenvalue weighted by Crippen LogP contribution is -2.30. The molecule has 1 heterocycles. The Balaban J connectivity index is 2.02. The second-order valence-electron chi connectivity index (χ2n) is 4.26. The van der Waals surface area contributed by atoms with Crippen LogP contribution in [-0.4, -0.2) is 23.9 Å². The van der Waals surface area contributed by atoms with Crippen molar-refractivity contribution in [1.29, 1.82) is 0 Å². The molecule has 1 aliphatic heterocycles. The standard InChI is InChI=1S/C10H18O2/c1-7-5-9-8(6-11)3-2-4-10(9)12-7/h7-11H,2-6H2,1H3/t7-,8+,9-,10+/m1/s1. The minimum atomic E-state index is 0.358. The van der Waals surface area contributed by atoms with Crippen molar-refractivity contribution < 1.29 is 9.84 Å². The Kier molecular flexibility index (Phi) is 2.37. The van der Waals surface area contributed by atoms with Gasteiger partial charge in [0.2, 0.25) is 0 Å². The van der Waals surface area contributed by atoms with Crippen LogP contribution in [0.4, 0.5) is 0 Å². The summed E-state index contributed by atoms with van der Waals surface area (Å²) in [5.41, 5.74) is 0. The van der Waals surface area contributed by atoms with Gasteiger partial charge in [-0.05, 0) is 38.0 Å². The van der Waals surface area contributed by atoms with Gasteiger partial charge in [0.05, 0.1) is 12.2 Å². The van der Waals surface area contributed by atoms with Gasteiger partial charge in [-0.15, -0.1) is 0 Å². The van der Waals surface area contributed by atoms with Crippen LogP contribution in [0, 0.1) is 11.8 Å². The molecule has 2 rings (SSSR count). The van der Waals surface area contributed by atoms with Crippen molar-refractivity contribution in [3.8, 4) is 0 Å². The zero-order chi connectivity index (χ0) is 8.55. The molecular weight excluding hydrogens is 152 g/mol. The van der Waals surface area contributed by atoms with Crippen LogP contribution in [0.2, 0.25) is 0 Å². The summed E-state index contributed by atoms with van der Waals surface area (Å²) in [6.45, 7) is 2.50. The second-order valence-corrected chi connectivity index (χ2v) is 4.26. The Labute approximate surface area is 73.9 Å². The molecule has 0 spiro atoms. The quantitative estimate of drug-likeness (QED) is 0.647. The van der Waals surface area contributed by atoms with Crippen molar-refractivity contribution in [2.45, 2.75) is 44.8 Å². The van der Waals surface area contributed by atoms with Gasteiger partial charge in [0.1, 0.15) is 0 Å².